The van der Waals surface area contributed by atoms with E-state index in [1.807, 2.05) is 0 Å². The highest BCUT2D eigenvalue weighted by Crippen LogP contribution is 2.50. The van der Waals surface area contributed by atoms with E-state index in [-0.39, 0.29) is 17.8 Å². The highest BCUT2D eigenvalue weighted by Gasteiger charge is 2.64. The molecular weight excluding hydrogens is 312 g/mol. The Bertz CT molecular complexity index is 633. The molecule has 0 unspecified atom stereocenters. The number of carboxylic acid groups (broad SMARTS) is 1. The Morgan fingerprint density at radius 1 is 1.50 bits per heavy atom. The lowest BCUT2D eigenvalue weighted by molar-refractivity contribution is -0.161. The number of rotatable bonds is 4. The summed E-state index contributed by atoms with van der Waals surface area (Å²) < 4.78 is -0.612. The van der Waals surface area contributed by atoms with Crippen molar-refractivity contribution in [2.24, 2.45) is 0 Å². The van der Waals surface area contributed by atoms with Gasteiger partial charge in [-0.3, -0.25) is 9.59 Å². The number of fused-ring (bicyclic) bond motifs is 1. The molecule has 3 heterocycles. The molecule has 0 spiro atoms. The molecule has 10 nitrogen and oxygen atoms in total. The van der Waals surface area contributed by atoms with E-state index < -0.39 is 28.7 Å². The summed E-state index contributed by atoms with van der Waals surface area (Å²) in [5.41, 5.74) is 0. The fraction of sp³-hybridized carbons (Fsp3) is 0.636. The van der Waals surface area contributed by atoms with E-state index in [0.717, 1.165) is 4.80 Å². The van der Waals surface area contributed by atoms with Gasteiger partial charge in [0.15, 0.2) is 6.33 Å². The molecule has 2 fully saturated rings. The molecule has 2 aliphatic rings. The number of thioether (sulfide) groups is 1. The number of carboxylic acids is 1. The molecule has 3 rings (SSSR count). The summed E-state index contributed by atoms with van der Waals surface area (Å²) in [6.07, 6.45) is 1.20. The monoisotopic (exact) mass is 326 g/mol. The fourth-order valence-electron chi connectivity index (χ4n) is 2.75. The summed E-state index contributed by atoms with van der Waals surface area (Å²) in [7, 11) is 0. The predicted octanol–water partition coefficient (Wildman–Crippen LogP) is -1.70. The molecule has 11 heteroatoms. The lowest BCUT2D eigenvalue weighted by Gasteiger charge is -2.43. The molecule has 22 heavy (non-hydrogen) atoms. The Balaban J connectivity index is 1.67. The molecular formula is C11H14N6O4S. The van der Waals surface area contributed by atoms with E-state index in [4.69, 9.17) is 0 Å². The highest BCUT2D eigenvalue weighted by atomic mass is 32.2. The summed E-state index contributed by atoms with van der Waals surface area (Å²) in [6.45, 7) is 3.41. The van der Waals surface area contributed by atoms with Crippen LogP contribution in [0.3, 0.4) is 0 Å². The number of tetrazole rings is 1. The van der Waals surface area contributed by atoms with Crippen LogP contribution in [-0.2, 0) is 20.9 Å². The number of carbonyl (C=O) groups is 3. The van der Waals surface area contributed by atoms with Crippen LogP contribution in [0.1, 0.15) is 13.8 Å². The van der Waals surface area contributed by atoms with Gasteiger partial charge in [0.2, 0.25) is 11.8 Å². The van der Waals surface area contributed by atoms with E-state index in [9.17, 15) is 19.5 Å². The number of hydrogen-bond donors (Lipinski definition) is 2. The number of carbonyl (C=O) groups excluding carboxylic acids is 2. The van der Waals surface area contributed by atoms with Gasteiger partial charge in [0.25, 0.3) is 0 Å². The Labute approximate surface area is 129 Å². The van der Waals surface area contributed by atoms with Crippen LogP contribution in [-0.4, -0.2) is 70.2 Å². The van der Waals surface area contributed by atoms with Gasteiger partial charge in [-0.1, -0.05) is 0 Å². The van der Waals surface area contributed by atoms with Crippen molar-refractivity contribution in [3.8, 4) is 0 Å². The molecule has 1 aromatic heterocycles. The van der Waals surface area contributed by atoms with Crippen LogP contribution in [0.5, 0.6) is 0 Å². The largest absolute Gasteiger partial charge is 0.480 e. The summed E-state index contributed by atoms with van der Waals surface area (Å²) in [4.78, 5) is 37.9. The van der Waals surface area contributed by atoms with Crippen molar-refractivity contribution in [3.05, 3.63) is 6.33 Å². The molecule has 2 aliphatic heterocycles. The Morgan fingerprint density at radius 2 is 2.23 bits per heavy atom. The fourth-order valence-corrected chi connectivity index (χ4v) is 4.38. The first-order chi connectivity index (χ1) is 10.3. The number of nitrogens with one attached hydrogen (secondary N) is 1. The van der Waals surface area contributed by atoms with Crippen LogP contribution in [0.25, 0.3) is 0 Å². The zero-order valence-electron chi connectivity index (χ0n) is 11.8. The van der Waals surface area contributed by atoms with Gasteiger partial charge < -0.3 is 15.3 Å². The SMILES string of the molecule is CC1(C)S[C@@H]2[C@H](NC(=O)Cn3ncnn3)C(=O)N2[C@H]1C(=O)O. The lowest BCUT2D eigenvalue weighted by atomic mass is 9.96. The molecule has 0 saturated carbocycles. The summed E-state index contributed by atoms with van der Waals surface area (Å²) in [5.74, 6) is -1.84. The zero-order valence-corrected chi connectivity index (χ0v) is 12.6. The minimum absolute atomic E-state index is 0.146. The van der Waals surface area contributed by atoms with Crippen molar-refractivity contribution in [2.45, 2.75) is 42.6 Å². The van der Waals surface area contributed by atoms with E-state index in [2.05, 4.69) is 20.7 Å². The van der Waals surface area contributed by atoms with Crippen molar-refractivity contribution < 1.29 is 19.5 Å². The van der Waals surface area contributed by atoms with Crippen molar-refractivity contribution in [1.29, 1.82) is 0 Å². The van der Waals surface area contributed by atoms with Gasteiger partial charge in [0.05, 0.1) is 0 Å². The second-order valence-corrected chi connectivity index (χ2v) is 7.38. The number of amides is 2. The quantitative estimate of drug-likeness (QED) is 0.626. The van der Waals surface area contributed by atoms with Gasteiger partial charge in [0, 0.05) is 4.75 Å². The first-order valence-corrected chi connectivity index (χ1v) is 7.42. The average molecular weight is 326 g/mol. The molecule has 0 bridgehead atoms. The molecule has 2 N–H and O–H groups in total. The van der Waals surface area contributed by atoms with Crippen LogP contribution >= 0.6 is 11.8 Å². The van der Waals surface area contributed by atoms with Crippen LogP contribution < -0.4 is 5.32 Å². The standard InChI is InChI=1S/C11H14N6O4S/c1-11(2)7(10(20)21)17-8(19)6(9(17)22-11)14-5(18)3-16-13-4-12-15-16/h4,6-7,9H,3H2,1-2H3,(H,14,18)(H,20,21)/t6-,7+,9-/m1/s1. The maximum absolute atomic E-state index is 12.2. The molecule has 2 amide bonds. The molecule has 1 aromatic rings. The third-order valence-electron chi connectivity index (χ3n) is 3.67. The molecule has 0 radical (unpaired) electrons. The van der Waals surface area contributed by atoms with E-state index in [1.54, 1.807) is 13.8 Å². The Hall–Kier alpha value is -2.17. The molecule has 2 saturated heterocycles. The topological polar surface area (TPSA) is 130 Å². The molecule has 0 aliphatic carbocycles. The van der Waals surface area contributed by atoms with Crippen molar-refractivity contribution in [3.63, 3.8) is 0 Å². The summed E-state index contributed by atoms with van der Waals surface area (Å²) >= 11 is 1.37. The van der Waals surface area contributed by atoms with E-state index in [1.165, 1.54) is 23.0 Å². The number of aromatic nitrogens is 4. The third kappa shape index (κ3) is 2.21. The third-order valence-corrected chi connectivity index (χ3v) is 5.24. The maximum Gasteiger partial charge on any atom is 0.327 e. The minimum atomic E-state index is -1.04. The normalized spacial score (nSPS) is 28.9. The maximum atomic E-state index is 12.2. The lowest BCUT2D eigenvalue weighted by Crippen LogP contribution is -2.70. The number of aliphatic carboxylic acids is 1. The van der Waals surface area contributed by atoms with Crippen molar-refractivity contribution in [2.75, 3.05) is 0 Å². The van der Waals surface area contributed by atoms with Crippen molar-refractivity contribution in [1.82, 2.24) is 30.4 Å². The Kier molecular flexibility index (Phi) is 3.31. The average Bonchev–Trinajstić information content (AvgIpc) is 3.00. The van der Waals surface area contributed by atoms with Crippen LogP contribution in [0.15, 0.2) is 6.33 Å². The number of nitrogens with zero attached hydrogens (tertiary/aromatic N) is 5. The first kappa shape index (κ1) is 14.8. The Morgan fingerprint density at radius 3 is 2.82 bits per heavy atom. The highest BCUT2D eigenvalue weighted by molar-refractivity contribution is 8.01. The van der Waals surface area contributed by atoms with Gasteiger partial charge in [-0.05, 0) is 19.1 Å². The van der Waals surface area contributed by atoms with Crippen LogP contribution in [0.2, 0.25) is 0 Å². The van der Waals surface area contributed by atoms with Gasteiger partial charge in [-0.2, -0.15) is 4.80 Å². The van der Waals surface area contributed by atoms with E-state index in [0.29, 0.717) is 0 Å². The molecule has 118 valence electrons. The van der Waals surface area contributed by atoms with Crippen molar-refractivity contribution >= 4 is 29.5 Å². The minimum Gasteiger partial charge on any atom is -0.480 e. The van der Waals surface area contributed by atoms with Gasteiger partial charge in [-0.25, -0.2) is 4.79 Å². The van der Waals surface area contributed by atoms with E-state index >= 15 is 0 Å². The molecule has 0 aromatic carbocycles. The zero-order chi connectivity index (χ0) is 16.1. The summed E-state index contributed by atoms with van der Waals surface area (Å²) in [5, 5.41) is 22.3. The van der Waals surface area contributed by atoms with Gasteiger partial charge >= 0.3 is 5.97 Å². The van der Waals surface area contributed by atoms with Gasteiger partial charge in [-0.15, -0.1) is 22.0 Å². The second kappa shape index (κ2) is 4.93. The van der Waals surface area contributed by atoms with Crippen LogP contribution in [0, 0.1) is 0 Å². The first-order valence-electron chi connectivity index (χ1n) is 6.54. The summed E-state index contributed by atoms with van der Waals surface area (Å²) in [6, 6.07) is -1.61. The molecule has 3 atom stereocenters. The van der Waals surface area contributed by atoms with Gasteiger partial charge in [0.1, 0.15) is 24.0 Å². The predicted molar refractivity (Wildman–Crippen MR) is 73.5 cm³/mol. The second-order valence-electron chi connectivity index (χ2n) is 5.61. The number of hydrogen-bond acceptors (Lipinski definition) is 7. The van der Waals surface area contributed by atoms with Crippen LogP contribution in [0.4, 0.5) is 0 Å². The number of β-lactam (4-membered cyclic amide) rings is 1. The smallest absolute Gasteiger partial charge is 0.327 e.